The van der Waals surface area contributed by atoms with Gasteiger partial charge in [-0.15, -0.1) is 0 Å². The zero-order valence-corrected chi connectivity index (χ0v) is 17.4. The number of carbonyl (C=O) groups is 2. The van der Waals surface area contributed by atoms with E-state index in [1.165, 1.54) is 0 Å². The topological polar surface area (TPSA) is 67.4 Å². The van der Waals surface area contributed by atoms with Gasteiger partial charge in [0.25, 0.3) is 5.91 Å². The fourth-order valence-corrected chi connectivity index (χ4v) is 3.34. The lowest BCUT2D eigenvalue weighted by Gasteiger charge is -2.20. The fourth-order valence-electron chi connectivity index (χ4n) is 3.12. The summed E-state index contributed by atoms with van der Waals surface area (Å²) >= 11 is 6.15. The highest BCUT2D eigenvalue weighted by atomic mass is 35.5. The van der Waals surface area contributed by atoms with Crippen molar-refractivity contribution in [1.29, 1.82) is 0 Å². The van der Waals surface area contributed by atoms with E-state index in [2.05, 4.69) is 10.6 Å². The Hall–Kier alpha value is -3.31. The lowest BCUT2D eigenvalue weighted by molar-refractivity contribution is -0.121. The first-order valence-electron chi connectivity index (χ1n) is 9.57. The van der Waals surface area contributed by atoms with Crippen LogP contribution in [0.4, 0.5) is 0 Å². The molecule has 30 heavy (non-hydrogen) atoms. The van der Waals surface area contributed by atoms with Crippen LogP contribution in [-0.4, -0.2) is 18.9 Å². The highest BCUT2D eigenvalue weighted by Crippen LogP contribution is 2.21. The van der Waals surface area contributed by atoms with Crippen molar-refractivity contribution in [2.45, 2.75) is 19.0 Å². The Kier molecular flexibility index (Phi) is 7.46. The number of hydrogen-bond acceptors (Lipinski definition) is 3. The minimum Gasteiger partial charge on any atom is -0.496 e. The maximum absolute atomic E-state index is 12.7. The van der Waals surface area contributed by atoms with Crippen LogP contribution >= 0.6 is 11.6 Å². The second-order valence-corrected chi connectivity index (χ2v) is 7.12. The number of halogens is 1. The minimum atomic E-state index is -0.493. The first-order chi connectivity index (χ1) is 14.6. The van der Waals surface area contributed by atoms with Gasteiger partial charge in [0.2, 0.25) is 5.91 Å². The molecular weight excluding hydrogens is 400 g/mol. The van der Waals surface area contributed by atoms with Crippen LogP contribution in [0, 0.1) is 0 Å². The quantitative estimate of drug-likeness (QED) is 0.560. The van der Waals surface area contributed by atoms with E-state index < -0.39 is 6.04 Å². The Morgan fingerprint density at radius 1 is 0.933 bits per heavy atom. The van der Waals surface area contributed by atoms with Crippen molar-refractivity contribution >= 4 is 23.4 Å². The number of benzene rings is 3. The molecule has 0 unspecified atom stereocenters. The van der Waals surface area contributed by atoms with Gasteiger partial charge in [-0.3, -0.25) is 9.59 Å². The number of carbonyl (C=O) groups excluding carboxylic acids is 2. The van der Waals surface area contributed by atoms with Crippen molar-refractivity contribution < 1.29 is 14.3 Å². The monoisotopic (exact) mass is 422 g/mol. The maximum Gasteiger partial charge on any atom is 0.253 e. The summed E-state index contributed by atoms with van der Waals surface area (Å²) < 4.78 is 5.32. The number of methoxy groups -OCH3 is 1. The van der Waals surface area contributed by atoms with E-state index in [0.717, 1.165) is 11.1 Å². The van der Waals surface area contributed by atoms with E-state index in [4.69, 9.17) is 16.3 Å². The zero-order valence-electron chi connectivity index (χ0n) is 16.6. The highest BCUT2D eigenvalue weighted by molar-refractivity contribution is 6.33. The summed E-state index contributed by atoms with van der Waals surface area (Å²) in [6.45, 7) is 0.336. The standard InChI is InChI=1S/C24H23ClN2O3/c1-30-22-14-8-5-11-18(22)16-26-23(28)15-21(17-9-3-2-4-10-17)27-24(29)19-12-6-7-13-20(19)25/h2-14,21H,15-16H2,1H3,(H,26,28)(H,27,29)/t21-/m0/s1. The third kappa shape index (κ3) is 5.61. The number of nitrogens with one attached hydrogen (secondary N) is 2. The molecule has 0 aliphatic carbocycles. The van der Waals surface area contributed by atoms with Gasteiger partial charge < -0.3 is 15.4 Å². The molecule has 0 saturated heterocycles. The summed E-state index contributed by atoms with van der Waals surface area (Å²) in [5, 5.41) is 6.20. The average Bonchev–Trinajstić information content (AvgIpc) is 2.78. The molecule has 0 spiro atoms. The summed E-state index contributed by atoms with van der Waals surface area (Å²) in [6.07, 6.45) is 0.0926. The molecule has 0 bridgehead atoms. The second-order valence-electron chi connectivity index (χ2n) is 6.71. The van der Waals surface area contributed by atoms with Crippen molar-refractivity contribution in [3.8, 4) is 5.75 Å². The molecule has 0 aliphatic heterocycles. The number of amides is 2. The van der Waals surface area contributed by atoms with E-state index in [1.54, 1.807) is 31.4 Å². The molecule has 6 heteroatoms. The van der Waals surface area contributed by atoms with Gasteiger partial charge in [-0.25, -0.2) is 0 Å². The Bertz CT molecular complexity index is 1010. The molecule has 154 valence electrons. The molecule has 0 aromatic heterocycles. The van der Waals surface area contributed by atoms with Crippen LogP contribution in [0.15, 0.2) is 78.9 Å². The predicted molar refractivity (Wildman–Crippen MR) is 118 cm³/mol. The van der Waals surface area contributed by atoms with E-state index in [0.29, 0.717) is 22.9 Å². The Morgan fingerprint density at radius 3 is 2.33 bits per heavy atom. The number of rotatable bonds is 8. The summed E-state index contributed by atoms with van der Waals surface area (Å²) in [7, 11) is 1.59. The minimum absolute atomic E-state index is 0.0926. The van der Waals surface area contributed by atoms with Gasteiger partial charge >= 0.3 is 0 Å². The molecular formula is C24H23ClN2O3. The van der Waals surface area contributed by atoms with Crippen LogP contribution < -0.4 is 15.4 Å². The first kappa shape index (κ1) is 21.4. The molecule has 0 heterocycles. The van der Waals surface area contributed by atoms with Crippen molar-refractivity contribution in [3.63, 3.8) is 0 Å². The van der Waals surface area contributed by atoms with Crippen molar-refractivity contribution in [3.05, 3.63) is 101 Å². The van der Waals surface area contributed by atoms with Crippen LogP contribution in [-0.2, 0) is 11.3 Å². The predicted octanol–water partition coefficient (Wildman–Crippen LogP) is 4.53. The van der Waals surface area contributed by atoms with Crippen LogP contribution in [0.1, 0.15) is 33.9 Å². The third-order valence-electron chi connectivity index (χ3n) is 4.68. The van der Waals surface area contributed by atoms with Crippen LogP contribution in [0.2, 0.25) is 5.02 Å². The molecule has 3 aromatic rings. The highest BCUT2D eigenvalue weighted by Gasteiger charge is 2.20. The smallest absolute Gasteiger partial charge is 0.253 e. The summed E-state index contributed by atoms with van der Waals surface area (Å²) in [6, 6.07) is 23.2. The van der Waals surface area contributed by atoms with Crippen molar-refractivity contribution in [2.24, 2.45) is 0 Å². The summed E-state index contributed by atoms with van der Waals surface area (Å²) in [5.74, 6) is 0.200. The van der Waals surface area contributed by atoms with E-state index in [1.807, 2.05) is 54.6 Å². The molecule has 3 rings (SSSR count). The third-order valence-corrected chi connectivity index (χ3v) is 5.01. The molecule has 2 amide bonds. The molecule has 1 atom stereocenters. The normalized spacial score (nSPS) is 11.4. The zero-order chi connectivity index (χ0) is 21.3. The Labute approximate surface area is 181 Å². The lowest BCUT2D eigenvalue weighted by Crippen LogP contribution is -2.33. The van der Waals surface area contributed by atoms with Gasteiger partial charge in [-0.2, -0.15) is 0 Å². The van der Waals surface area contributed by atoms with Crippen molar-refractivity contribution in [1.82, 2.24) is 10.6 Å². The lowest BCUT2D eigenvalue weighted by atomic mass is 10.0. The summed E-state index contributed by atoms with van der Waals surface area (Å²) in [5.41, 5.74) is 2.09. The van der Waals surface area contributed by atoms with Gasteiger partial charge in [0.1, 0.15) is 5.75 Å². The Balaban J connectivity index is 1.71. The molecule has 0 radical (unpaired) electrons. The largest absolute Gasteiger partial charge is 0.496 e. The number of hydrogen-bond donors (Lipinski definition) is 2. The van der Waals surface area contributed by atoms with E-state index >= 15 is 0 Å². The molecule has 3 aromatic carbocycles. The molecule has 0 saturated carbocycles. The second kappa shape index (κ2) is 10.5. The maximum atomic E-state index is 12.7. The van der Waals surface area contributed by atoms with Crippen molar-refractivity contribution in [2.75, 3.05) is 7.11 Å². The SMILES string of the molecule is COc1ccccc1CNC(=O)C[C@H](NC(=O)c1ccccc1Cl)c1ccccc1. The first-order valence-corrected chi connectivity index (χ1v) is 9.95. The molecule has 0 aliphatic rings. The average molecular weight is 423 g/mol. The molecule has 2 N–H and O–H groups in total. The Morgan fingerprint density at radius 2 is 1.60 bits per heavy atom. The number of para-hydroxylation sites is 1. The van der Waals surface area contributed by atoms with Gasteiger partial charge in [0.05, 0.1) is 30.2 Å². The van der Waals surface area contributed by atoms with Crippen LogP contribution in [0.25, 0.3) is 0 Å². The molecule has 0 fully saturated rings. The van der Waals surface area contributed by atoms with E-state index in [-0.39, 0.29) is 18.2 Å². The summed E-state index contributed by atoms with van der Waals surface area (Å²) in [4.78, 5) is 25.4. The fraction of sp³-hybridized carbons (Fsp3) is 0.167. The molecule has 5 nitrogen and oxygen atoms in total. The van der Waals surface area contributed by atoms with Gasteiger partial charge in [-0.1, -0.05) is 72.3 Å². The van der Waals surface area contributed by atoms with Crippen LogP contribution in [0.5, 0.6) is 5.75 Å². The van der Waals surface area contributed by atoms with E-state index in [9.17, 15) is 9.59 Å². The number of ether oxygens (including phenoxy) is 1. The van der Waals surface area contributed by atoms with Gasteiger partial charge in [0.15, 0.2) is 0 Å². The van der Waals surface area contributed by atoms with Gasteiger partial charge in [0, 0.05) is 12.1 Å². The van der Waals surface area contributed by atoms with Crippen LogP contribution in [0.3, 0.4) is 0 Å². The van der Waals surface area contributed by atoms with Gasteiger partial charge in [-0.05, 0) is 23.8 Å².